The average Bonchev–Trinajstić information content (AvgIpc) is 2.75. The van der Waals surface area contributed by atoms with Crippen molar-refractivity contribution in [3.8, 4) is 28.0 Å². The maximum atomic E-state index is 14.7. The van der Waals surface area contributed by atoms with Crippen LogP contribution in [0.25, 0.3) is 22.3 Å². The number of rotatable bonds is 4. The van der Waals surface area contributed by atoms with E-state index >= 15 is 0 Å². The first-order valence-electron chi connectivity index (χ1n) is 9.59. The molecule has 9 heteroatoms. The summed E-state index contributed by atoms with van der Waals surface area (Å²) in [5.41, 5.74) is 0.697. The predicted molar refractivity (Wildman–Crippen MR) is 103 cm³/mol. The third-order valence-electron chi connectivity index (χ3n) is 4.83. The van der Waals surface area contributed by atoms with Crippen molar-refractivity contribution in [2.24, 2.45) is 0 Å². The van der Waals surface area contributed by atoms with Gasteiger partial charge in [-0.1, -0.05) is 30.3 Å². The second-order valence-electron chi connectivity index (χ2n) is 7.06. The summed E-state index contributed by atoms with van der Waals surface area (Å²) in [7, 11) is 0. The zero-order valence-electron chi connectivity index (χ0n) is 16.4. The molecule has 1 fully saturated rings. The van der Waals surface area contributed by atoms with E-state index in [2.05, 4.69) is 4.74 Å². The van der Waals surface area contributed by atoms with Crippen molar-refractivity contribution in [2.45, 2.75) is 19.1 Å². The third-order valence-corrected chi connectivity index (χ3v) is 4.83. The van der Waals surface area contributed by atoms with E-state index in [9.17, 15) is 26.3 Å². The second kappa shape index (κ2) is 8.84. The van der Waals surface area contributed by atoms with Gasteiger partial charge in [0.1, 0.15) is 11.6 Å². The van der Waals surface area contributed by atoms with Crippen LogP contribution in [0.2, 0.25) is 0 Å². The van der Waals surface area contributed by atoms with Gasteiger partial charge < -0.3 is 14.2 Å². The van der Waals surface area contributed by atoms with Crippen molar-refractivity contribution in [1.82, 2.24) is 0 Å². The topological polar surface area (TPSA) is 27.7 Å². The first-order valence-corrected chi connectivity index (χ1v) is 9.59. The molecule has 1 saturated heterocycles. The van der Waals surface area contributed by atoms with E-state index in [1.165, 1.54) is 0 Å². The highest BCUT2D eigenvalue weighted by molar-refractivity contribution is 5.72. The Labute approximate surface area is 179 Å². The zero-order valence-corrected chi connectivity index (χ0v) is 16.4. The Balaban J connectivity index is 1.60. The molecule has 3 aromatic rings. The Bertz CT molecular complexity index is 1080. The molecule has 0 atom stereocenters. The summed E-state index contributed by atoms with van der Waals surface area (Å²) in [6, 6.07) is 11.1. The molecule has 1 heterocycles. The SMILES string of the molecule is Fc1cc(-c2c(F)cc(-c3ccc(C4OCCCO4)cc3)cc2F)ccc1OC(F)(F)F. The summed E-state index contributed by atoms with van der Waals surface area (Å²) in [6.07, 6.45) is -4.78. The van der Waals surface area contributed by atoms with Crippen LogP contribution in [0.4, 0.5) is 26.3 Å². The van der Waals surface area contributed by atoms with Gasteiger partial charge in [-0.15, -0.1) is 13.2 Å². The summed E-state index contributed by atoms with van der Waals surface area (Å²) >= 11 is 0. The van der Waals surface area contributed by atoms with Crippen molar-refractivity contribution >= 4 is 0 Å². The van der Waals surface area contributed by atoms with Gasteiger partial charge >= 0.3 is 6.36 Å². The standard InChI is InChI=1S/C23H16F6O3/c24-17-10-15(6-7-20(17)32-23(27,28)29)21-18(25)11-16(12-19(21)26)13-2-4-14(5-3-13)22-30-8-1-9-31-22/h2-7,10-12,22H,1,8-9H2. The lowest BCUT2D eigenvalue weighted by atomic mass is 9.98. The normalized spacial score (nSPS) is 15.1. The van der Waals surface area contributed by atoms with Crippen molar-refractivity contribution in [3.63, 3.8) is 0 Å². The second-order valence-corrected chi connectivity index (χ2v) is 7.06. The Morgan fingerprint density at radius 2 is 1.28 bits per heavy atom. The summed E-state index contributed by atoms with van der Waals surface area (Å²) in [6.45, 7) is 1.16. The number of alkyl halides is 3. The van der Waals surface area contributed by atoms with Crippen LogP contribution >= 0.6 is 0 Å². The van der Waals surface area contributed by atoms with Crippen LogP contribution < -0.4 is 4.74 Å². The van der Waals surface area contributed by atoms with Gasteiger partial charge in [-0.2, -0.15) is 0 Å². The Hall–Kier alpha value is -3.04. The van der Waals surface area contributed by atoms with E-state index in [1.807, 2.05) is 0 Å². The summed E-state index contributed by atoms with van der Waals surface area (Å²) in [4.78, 5) is 0. The van der Waals surface area contributed by atoms with Gasteiger partial charge in [-0.3, -0.25) is 0 Å². The molecule has 1 aliphatic rings. The Morgan fingerprint density at radius 1 is 0.719 bits per heavy atom. The minimum absolute atomic E-state index is 0.235. The highest BCUT2D eigenvalue weighted by atomic mass is 19.4. The molecule has 0 N–H and O–H groups in total. The van der Waals surface area contributed by atoms with E-state index in [0.29, 0.717) is 30.9 Å². The van der Waals surface area contributed by atoms with E-state index < -0.39 is 41.4 Å². The highest BCUT2D eigenvalue weighted by Gasteiger charge is 2.32. The predicted octanol–water partition coefficient (Wildman–Crippen LogP) is 6.77. The molecule has 0 saturated carbocycles. The first kappa shape index (κ1) is 22.2. The fourth-order valence-electron chi connectivity index (χ4n) is 3.39. The number of hydrogen-bond acceptors (Lipinski definition) is 3. The summed E-state index contributed by atoms with van der Waals surface area (Å²) < 4.78 is 94.9. The first-order chi connectivity index (χ1) is 15.2. The molecule has 168 valence electrons. The van der Waals surface area contributed by atoms with Gasteiger partial charge in [0, 0.05) is 5.56 Å². The lowest BCUT2D eigenvalue weighted by Crippen LogP contribution is -2.17. The van der Waals surface area contributed by atoms with Gasteiger partial charge in [0.05, 0.1) is 18.8 Å². The van der Waals surface area contributed by atoms with Crippen molar-refractivity contribution < 1.29 is 40.6 Å². The molecule has 4 rings (SSSR count). The lowest BCUT2D eigenvalue weighted by molar-refractivity contribution is -0.275. The maximum absolute atomic E-state index is 14.7. The highest BCUT2D eigenvalue weighted by Crippen LogP contribution is 2.35. The van der Waals surface area contributed by atoms with E-state index in [-0.39, 0.29) is 11.1 Å². The summed E-state index contributed by atoms with van der Waals surface area (Å²) in [5, 5.41) is 0. The molecule has 0 aromatic heterocycles. The quantitative estimate of drug-likeness (QED) is 0.407. The molecule has 32 heavy (non-hydrogen) atoms. The van der Waals surface area contributed by atoms with Crippen LogP contribution in [0.3, 0.4) is 0 Å². The molecule has 3 nitrogen and oxygen atoms in total. The van der Waals surface area contributed by atoms with Gasteiger partial charge in [0.25, 0.3) is 0 Å². The van der Waals surface area contributed by atoms with Crippen molar-refractivity contribution in [2.75, 3.05) is 13.2 Å². The monoisotopic (exact) mass is 454 g/mol. The van der Waals surface area contributed by atoms with Crippen molar-refractivity contribution in [1.29, 1.82) is 0 Å². The van der Waals surface area contributed by atoms with Crippen LogP contribution in [0.5, 0.6) is 5.75 Å². The molecule has 0 aliphatic carbocycles. The van der Waals surface area contributed by atoms with Gasteiger partial charge in [0.15, 0.2) is 17.9 Å². The van der Waals surface area contributed by atoms with Crippen molar-refractivity contribution in [3.05, 3.63) is 77.6 Å². The molecule has 0 bridgehead atoms. The number of halogens is 6. The van der Waals surface area contributed by atoms with Gasteiger partial charge in [0.2, 0.25) is 0 Å². The molecular formula is C23H16F6O3. The largest absolute Gasteiger partial charge is 0.573 e. The molecule has 3 aromatic carbocycles. The van der Waals surface area contributed by atoms with E-state index in [4.69, 9.17) is 9.47 Å². The summed E-state index contributed by atoms with van der Waals surface area (Å²) in [5.74, 6) is -4.48. The van der Waals surface area contributed by atoms with Crippen LogP contribution in [0.15, 0.2) is 54.6 Å². The van der Waals surface area contributed by atoms with Crippen LogP contribution in [0, 0.1) is 17.5 Å². The number of ether oxygens (including phenoxy) is 3. The molecule has 0 radical (unpaired) electrons. The molecule has 0 amide bonds. The molecule has 0 spiro atoms. The van der Waals surface area contributed by atoms with E-state index in [0.717, 1.165) is 30.2 Å². The number of benzene rings is 3. The molecule has 1 aliphatic heterocycles. The average molecular weight is 454 g/mol. The third kappa shape index (κ3) is 4.89. The lowest BCUT2D eigenvalue weighted by Gasteiger charge is -2.23. The van der Waals surface area contributed by atoms with Crippen LogP contribution in [-0.2, 0) is 9.47 Å². The smallest absolute Gasteiger partial charge is 0.403 e. The minimum Gasteiger partial charge on any atom is -0.403 e. The minimum atomic E-state index is -5.09. The van der Waals surface area contributed by atoms with Gasteiger partial charge in [-0.05, 0) is 47.4 Å². The fourth-order valence-corrected chi connectivity index (χ4v) is 3.39. The fraction of sp³-hybridized carbons (Fsp3) is 0.217. The van der Waals surface area contributed by atoms with Crippen LogP contribution in [-0.4, -0.2) is 19.6 Å². The maximum Gasteiger partial charge on any atom is 0.573 e. The Kier molecular flexibility index (Phi) is 6.12. The van der Waals surface area contributed by atoms with Crippen LogP contribution in [0.1, 0.15) is 18.3 Å². The molecular weight excluding hydrogens is 438 g/mol. The van der Waals surface area contributed by atoms with E-state index in [1.54, 1.807) is 24.3 Å². The number of hydrogen-bond donors (Lipinski definition) is 0. The zero-order chi connectivity index (χ0) is 22.9. The van der Waals surface area contributed by atoms with Gasteiger partial charge in [-0.25, -0.2) is 13.2 Å². The molecule has 0 unspecified atom stereocenters. The Morgan fingerprint density at radius 3 is 1.84 bits per heavy atom.